The highest BCUT2D eigenvalue weighted by Crippen LogP contribution is 2.35. The Bertz CT molecular complexity index is 882. The van der Waals surface area contributed by atoms with Crippen LogP contribution in [0.25, 0.3) is 11.1 Å². The number of aryl methyl sites for hydroxylation is 1. The van der Waals surface area contributed by atoms with Gasteiger partial charge < -0.3 is 14.5 Å². The highest BCUT2D eigenvalue weighted by atomic mass is 16.5. The summed E-state index contributed by atoms with van der Waals surface area (Å²) in [6, 6.07) is 25.9. The van der Waals surface area contributed by atoms with Gasteiger partial charge in [0.2, 0.25) is 0 Å². The second kappa shape index (κ2) is 7.75. The predicted octanol–water partition coefficient (Wildman–Crippen LogP) is 5.00. The van der Waals surface area contributed by atoms with Gasteiger partial charge in [0, 0.05) is 43.1 Å². The van der Waals surface area contributed by atoms with E-state index in [-0.39, 0.29) is 0 Å². The number of para-hydroxylation sites is 1. The maximum Gasteiger partial charge on any atom is 0.119 e. The van der Waals surface area contributed by atoms with Crippen molar-refractivity contribution < 1.29 is 4.74 Å². The summed E-state index contributed by atoms with van der Waals surface area (Å²) in [5, 5.41) is 0. The molecule has 0 spiro atoms. The van der Waals surface area contributed by atoms with Gasteiger partial charge in [-0.25, -0.2) is 0 Å². The van der Waals surface area contributed by atoms with Gasteiger partial charge in [0.15, 0.2) is 0 Å². The SMILES string of the molecule is COc1ccc(N2CCN(c3ccccc3)CC2)c(-c2ccc(C)cc2)c1. The van der Waals surface area contributed by atoms with Crippen molar-refractivity contribution in [2.24, 2.45) is 0 Å². The summed E-state index contributed by atoms with van der Waals surface area (Å²) in [5.41, 5.74) is 6.35. The van der Waals surface area contributed by atoms with Crippen molar-refractivity contribution in [3.63, 3.8) is 0 Å². The molecular formula is C24H26N2O. The third-order valence-electron chi connectivity index (χ3n) is 5.31. The highest BCUT2D eigenvalue weighted by molar-refractivity contribution is 5.80. The van der Waals surface area contributed by atoms with Crippen LogP contribution in [0.15, 0.2) is 72.8 Å². The fourth-order valence-corrected chi connectivity index (χ4v) is 3.73. The fraction of sp³-hybridized carbons (Fsp3) is 0.250. The van der Waals surface area contributed by atoms with Gasteiger partial charge in [-0.2, -0.15) is 0 Å². The lowest BCUT2D eigenvalue weighted by Gasteiger charge is -2.38. The molecule has 1 aliphatic heterocycles. The van der Waals surface area contributed by atoms with Crippen molar-refractivity contribution in [2.75, 3.05) is 43.1 Å². The van der Waals surface area contributed by atoms with Gasteiger partial charge in [0.1, 0.15) is 5.75 Å². The van der Waals surface area contributed by atoms with Crippen LogP contribution in [0.1, 0.15) is 5.56 Å². The molecule has 3 aromatic carbocycles. The number of hydrogen-bond acceptors (Lipinski definition) is 3. The van der Waals surface area contributed by atoms with Gasteiger partial charge in [0.05, 0.1) is 7.11 Å². The molecular weight excluding hydrogens is 332 g/mol. The molecule has 0 amide bonds. The Kier molecular flexibility index (Phi) is 5.01. The van der Waals surface area contributed by atoms with E-state index in [2.05, 4.69) is 89.5 Å². The lowest BCUT2D eigenvalue weighted by atomic mass is 10.0. The summed E-state index contributed by atoms with van der Waals surface area (Å²) in [7, 11) is 1.73. The molecule has 1 heterocycles. The predicted molar refractivity (Wildman–Crippen MR) is 114 cm³/mol. The van der Waals surface area contributed by atoms with E-state index in [9.17, 15) is 0 Å². The third kappa shape index (κ3) is 3.77. The first-order valence-electron chi connectivity index (χ1n) is 9.54. The number of hydrogen-bond donors (Lipinski definition) is 0. The molecule has 3 nitrogen and oxygen atoms in total. The first kappa shape index (κ1) is 17.5. The standard InChI is InChI=1S/C24H26N2O/c1-19-8-10-20(11-9-19)23-18-22(27-2)12-13-24(23)26-16-14-25(15-17-26)21-6-4-3-5-7-21/h3-13,18H,14-17H2,1-2H3. The topological polar surface area (TPSA) is 15.7 Å². The van der Waals surface area contributed by atoms with Gasteiger partial charge in [-0.1, -0.05) is 48.0 Å². The molecule has 0 radical (unpaired) electrons. The second-order valence-electron chi connectivity index (χ2n) is 7.06. The Morgan fingerprint density at radius 3 is 2.07 bits per heavy atom. The summed E-state index contributed by atoms with van der Waals surface area (Å²) < 4.78 is 5.49. The summed E-state index contributed by atoms with van der Waals surface area (Å²) in [6.07, 6.45) is 0. The molecule has 3 heteroatoms. The lowest BCUT2D eigenvalue weighted by molar-refractivity contribution is 0.415. The van der Waals surface area contributed by atoms with E-state index in [1.165, 1.54) is 28.1 Å². The van der Waals surface area contributed by atoms with Crippen molar-refractivity contribution in [2.45, 2.75) is 6.92 Å². The second-order valence-corrected chi connectivity index (χ2v) is 7.06. The molecule has 1 fully saturated rings. The van der Waals surface area contributed by atoms with Crippen LogP contribution in [-0.4, -0.2) is 33.3 Å². The molecule has 0 aliphatic carbocycles. The Labute approximate surface area is 161 Å². The van der Waals surface area contributed by atoms with E-state index < -0.39 is 0 Å². The lowest BCUT2D eigenvalue weighted by Crippen LogP contribution is -2.46. The zero-order valence-corrected chi connectivity index (χ0v) is 16.1. The van der Waals surface area contributed by atoms with E-state index in [0.29, 0.717) is 0 Å². The maximum absolute atomic E-state index is 5.49. The molecule has 0 atom stereocenters. The molecule has 1 aliphatic rings. The third-order valence-corrected chi connectivity index (χ3v) is 5.31. The fourth-order valence-electron chi connectivity index (χ4n) is 3.73. The van der Waals surface area contributed by atoms with Crippen LogP contribution in [-0.2, 0) is 0 Å². The molecule has 3 aromatic rings. The van der Waals surface area contributed by atoms with E-state index in [0.717, 1.165) is 31.9 Å². The number of anilines is 2. The minimum atomic E-state index is 0.900. The van der Waals surface area contributed by atoms with Crippen LogP contribution in [0.2, 0.25) is 0 Å². The molecule has 0 unspecified atom stereocenters. The Balaban J connectivity index is 1.59. The van der Waals surface area contributed by atoms with Gasteiger partial charge in [-0.15, -0.1) is 0 Å². The van der Waals surface area contributed by atoms with E-state index in [1.807, 2.05) is 0 Å². The largest absolute Gasteiger partial charge is 0.497 e. The Hall–Kier alpha value is -2.94. The quantitative estimate of drug-likeness (QED) is 0.653. The zero-order chi connectivity index (χ0) is 18.6. The van der Waals surface area contributed by atoms with Crippen LogP contribution >= 0.6 is 0 Å². The monoisotopic (exact) mass is 358 g/mol. The average molecular weight is 358 g/mol. The number of nitrogens with zero attached hydrogens (tertiary/aromatic N) is 2. The van der Waals surface area contributed by atoms with Crippen molar-refractivity contribution in [3.05, 3.63) is 78.4 Å². The molecule has 4 rings (SSSR count). The molecule has 0 N–H and O–H groups in total. The van der Waals surface area contributed by atoms with Crippen LogP contribution < -0.4 is 14.5 Å². The summed E-state index contributed by atoms with van der Waals surface area (Å²) in [5.74, 6) is 0.900. The summed E-state index contributed by atoms with van der Waals surface area (Å²) >= 11 is 0. The maximum atomic E-state index is 5.49. The molecule has 1 saturated heterocycles. The average Bonchev–Trinajstić information content (AvgIpc) is 2.75. The number of ether oxygens (including phenoxy) is 1. The van der Waals surface area contributed by atoms with Crippen LogP contribution in [0, 0.1) is 6.92 Å². The van der Waals surface area contributed by atoms with E-state index in [4.69, 9.17) is 4.74 Å². The number of benzene rings is 3. The summed E-state index contributed by atoms with van der Waals surface area (Å²) in [6.45, 7) is 6.21. The number of methoxy groups -OCH3 is 1. The normalized spacial score (nSPS) is 14.3. The Morgan fingerprint density at radius 1 is 0.741 bits per heavy atom. The summed E-state index contributed by atoms with van der Waals surface area (Å²) in [4.78, 5) is 4.96. The minimum absolute atomic E-state index is 0.900. The minimum Gasteiger partial charge on any atom is -0.497 e. The van der Waals surface area contributed by atoms with Gasteiger partial charge in [-0.3, -0.25) is 0 Å². The van der Waals surface area contributed by atoms with Gasteiger partial charge >= 0.3 is 0 Å². The first-order valence-corrected chi connectivity index (χ1v) is 9.54. The van der Waals surface area contributed by atoms with Crippen molar-refractivity contribution in [1.29, 1.82) is 0 Å². The first-order chi connectivity index (χ1) is 13.2. The van der Waals surface area contributed by atoms with Crippen LogP contribution in [0.5, 0.6) is 5.75 Å². The van der Waals surface area contributed by atoms with Crippen LogP contribution in [0.3, 0.4) is 0 Å². The number of piperazine rings is 1. The van der Waals surface area contributed by atoms with E-state index in [1.54, 1.807) is 7.11 Å². The van der Waals surface area contributed by atoms with E-state index >= 15 is 0 Å². The van der Waals surface area contributed by atoms with Gasteiger partial charge in [-0.05, 0) is 42.8 Å². The van der Waals surface area contributed by atoms with Gasteiger partial charge in [0.25, 0.3) is 0 Å². The van der Waals surface area contributed by atoms with Crippen molar-refractivity contribution in [3.8, 4) is 16.9 Å². The van der Waals surface area contributed by atoms with Crippen molar-refractivity contribution >= 4 is 11.4 Å². The zero-order valence-electron chi connectivity index (χ0n) is 16.1. The molecule has 0 aromatic heterocycles. The molecule has 0 saturated carbocycles. The van der Waals surface area contributed by atoms with Crippen LogP contribution in [0.4, 0.5) is 11.4 Å². The molecule has 27 heavy (non-hydrogen) atoms. The molecule has 138 valence electrons. The van der Waals surface area contributed by atoms with Crippen molar-refractivity contribution in [1.82, 2.24) is 0 Å². The Morgan fingerprint density at radius 2 is 1.41 bits per heavy atom. The molecule has 0 bridgehead atoms. The highest BCUT2D eigenvalue weighted by Gasteiger charge is 2.20. The smallest absolute Gasteiger partial charge is 0.119 e. The number of rotatable bonds is 4.